The number of alkyl halides is 3. The van der Waals surface area contributed by atoms with Crippen molar-refractivity contribution in [3.8, 4) is 0 Å². The topological polar surface area (TPSA) is 20.3 Å². The molecular formula is C16H20F3NO. The molecule has 0 aliphatic carbocycles. The summed E-state index contributed by atoms with van der Waals surface area (Å²) >= 11 is 0. The highest BCUT2D eigenvalue weighted by Crippen LogP contribution is 2.30. The second kappa shape index (κ2) is 6.08. The maximum Gasteiger partial charge on any atom is 0.416 e. The summed E-state index contributed by atoms with van der Waals surface area (Å²) in [5.41, 5.74) is -0.654. The summed E-state index contributed by atoms with van der Waals surface area (Å²) in [6, 6.07) is 4.67. The Bertz CT molecular complexity index is 502. The van der Waals surface area contributed by atoms with Crippen LogP contribution in [0.2, 0.25) is 0 Å². The molecule has 0 radical (unpaired) electrons. The SMILES string of the molecule is CC(C)C1CCN(C(=O)c2cccc(C(F)(F)F)c2)CC1. The van der Waals surface area contributed by atoms with Crippen LogP contribution >= 0.6 is 0 Å². The molecule has 0 unspecified atom stereocenters. The van der Waals surface area contributed by atoms with Crippen molar-refractivity contribution >= 4 is 5.91 Å². The van der Waals surface area contributed by atoms with Gasteiger partial charge in [-0.25, -0.2) is 0 Å². The highest BCUT2D eigenvalue weighted by Gasteiger charge is 2.32. The van der Waals surface area contributed by atoms with Crippen LogP contribution in [0.1, 0.15) is 42.6 Å². The van der Waals surface area contributed by atoms with Crippen molar-refractivity contribution in [3.05, 3.63) is 35.4 Å². The Labute approximate surface area is 122 Å². The van der Waals surface area contributed by atoms with Crippen molar-refractivity contribution < 1.29 is 18.0 Å². The maximum atomic E-state index is 12.7. The molecule has 5 heteroatoms. The van der Waals surface area contributed by atoms with Gasteiger partial charge in [-0.05, 0) is 42.9 Å². The molecule has 1 aromatic rings. The molecule has 1 aliphatic heterocycles. The summed E-state index contributed by atoms with van der Waals surface area (Å²) in [4.78, 5) is 14.0. The summed E-state index contributed by atoms with van der Waals surface area (Å²) in [6.45, 7) is 5.57. The van der Waals surface area contributed by atoms with Crippen LogP contribution in [0.5, 0.6) is 0 Å². The van der Waals surface area contributed by atoms with Crippen molar-refractivity contribution in [2.75, 3.05) is 13.1 Å². The van der Waals surface area contributed by atoms with Gasteiger partial charge in [-0.2, -0.15) is 13.2 Å². The first kappa shape index (κ1) is 15.9. The van der Waals surface area contributed by atoms with E-state index in [0.717, 1.165) is 25.0 Å². The van der Waals surface area contributed by atoms with Gasteiger partial charge in [0.05, 0.1) is 5.56 Å². The first-order valence-corrected chi connectivity index (χ1v) is 7.25. The van der Waals surface area contributed by atoms with Crippen LogP contribution in [0.3, 0.4) is 0 Å². The Morgan fingerprint density at radius 3 is 2.38 bits per heavy atom. The fourth-order valence-electron chi connectivity index (χ4n) is 2.78. The zero-order chi connectivity index (χ0) is 15.6. The number of amides is 1. The monoisotopic (exact) mass is 299 g/mol. The third-order valence-corrected chi connectivity index (χ3v) is 4.21. The molecule has 21 heavy (non-hydrogen) atoms. The van der Waals surface area contributed by atoms with Crippen LogP contribution in [-0.4, -0.2) is 23.9 Å². The normalized spacial score (nSPS) is 17.3. The lowest BCUT2D eigenvalue weighted by molar-refractivity contribution is -0.137. The first-order chi connectivity index (χ1) is 9.79. The predicted octanol–water partition coefficient (Wildman–Crippen LogP) is 4.21. The van der Waals surface area contributed by atoms with Crippen LogP contribution in [0.4, 0.5) is 13.2 Å². The number of hydrogen-bond acceptors (Lipinski definition) is 1. The molecule has 2 nitrogen and oxygen atoms in total. The van der Waals surface area contributed by atoms with E-state index in [1.165, 1.54) is 12.1 Å². The largest absolute Gasteiger partial charge is 0.416 e. The van der Waals surface area contributed by atoms with Gasteiger partial charge in [0.1, 0.15) is 0 Å². The zero-order valence-corrected chi connectivity index (χ0v) is 12.3. The summed E-state index contributed by atoms with van der Waals surface area (Å²) in [7, 11) is 0. The second-order valence-corrected chi connectivity index (χ2v) is 5.95. The quantitative estimate of drug-likeness (QED) is 0.801. The Hall–Kier alpha value is -1.52. The van der Waals surface area contributed by atoms with Gasteiger partial charge in [0.25, 0.3) is 5.91 Å². The zero-order valence-electron chi connectivity index (χ0n) is 12.3. The summed E-state index contributed by atoms with van der Waals surface area (Å²) in [5.74, 6) is 0.870. The van der Waals surface area contributed by atoms with Crippen LogP contribution in [0.15, 0.2) is 24.3 Å². The Morgan fingerprint density at radius 1 is 1.24 bits per heavy atom. The molecule has 1 aliphatic rings. The van der Waals surface area contributed by atoms with E-state index >= 15 is 0 Å². The predicted molar refractivity (Wildman–Crippen MR) is 74.9 cm³/mol. The molecule has 0 spiro atoms. The highest BCUT2D eigenvalue weighted by molar-refractivity contribution is 5.94. The number of hydrogen-bond donors (Lipinski definition) is 0. The molecule has 1 saturated heterocycles. The molecule has 0 bridgehead atoms. The number of piperidine rings is 1. The second-order valence-electron chi connectivity index (χ2n) is 5.95. The standard InChI is InChI=1S/C16H20F3NO/c1-11(2)12-6-8-20(9-7-12)15(21)13-4-3-5-14(10-13)16(17,18)19/h3-5,10-12H,6-9H2,1-2H3. The number of likely N-dealkylation sites (tertiary alicyclic amines) is 1. The van der Waals surface area contributed by atoms with E-state index in [9.17, 15) is 18.0 Å². The minimum Gasteiger partial charge on any atom is -0.339 e. The fourth-order valence-corrected chi connectivity index (χ4v) is 2.78. The van der Waals surface area contributed by atoms with Gasteiger partial charge in [0.2, 0.25) is 0 Å². The Kier molecular flexibility index (Phi) is 4.59. The number of nitrogens with zero attached hydrogens (tertiary/aromatic N) is 1. The average Bonchev–Trinajstić information content (AvgIpc) is 2.46. The summed E-state index contributed by atoms with van der Waals surface area (Å²) < 4.78 is 38.1. The van der Waals surface area contributed by atoms with Crippen molar-refractivity contribution in [2.45, 2.75) is 32.9 Å². The average molecular weight is 299 g/mol. The van der Waals surface area contributed by atoms with Crippen LogP contribution in [0.25, 0.3) is 0 Å². The van der Waals surface area contributed by atoms with E-state index in [2.05, 4.69) is 13.8 Å². The minimum absolute atomic E-state index is 0.118. The van der Waals surface area contributed by atoms with Gasteiger partial charge >= 0.3 is 6.18 Å². The van der Waals surface area contributed by atoms with Crippen LogP contribution in [0, 0.1) is 11.8 Å². The van der Waals surface area contributed by atoms with E-state index in [1.54, 1.807) is 4.90 Å². The molecule has 1 heterocycles. The lowest BCUT2D eigenvalue weighted by atomic mass is 9.86. The molecule has 1 fully saturated rings. The number of benzene rings is 1. The number of carbonyl (C=O) groups is 1. The van der Waals surface area contributed by atoms with E-state index in [0.29, 0.717) is 24.9 Å². The van der Waals surface area contributed by atoms with Crippen molar-refractivity contribution in [3.63, 3.8) is 0 Å². The third kappa shape index (κ3) is 3.77. The lowest BCUT2D eigenvalue weighted by Crippen LogP contribution is -2.39. The molecule has 1 aromatic carbocycles. The van der Waals surface area contributed by atoms with Gasteiger partial charge in [0.15, 0.2) is 0 Å². The molecular weight excluding hydrogens is 279 g/mol. The van der Waals surface area contributed by atoms with Gasteiger partial charge in [-0.1, -0.05) is 19.9 Å². The number of halogens is 3. The maximum absolute atomic E-state index is 12.7. The summed E-state index contributed by atoms with van der Waals surface area (Å²) in [6.07, 6.45) is -2.58. The van der Waals surface area contributed by atoms with E-state index < -0.39 is 11.7 Å². The van der Waals surface area contributed by atoms with Crippen molar-refractivity contribution in [1.29, 1.82) is 0 Å². The molecule has 0 atom stereocenters. The number of rotatable bonds is 2. The van der Waals surface area contributed by atoms with E-state index in [4.69, 9.17) is 0 Å². The van der Waals surface area contributed by atoms with Crippen molar-refractivity contribution in [2.24, 2.45) is 11.8 Å². The van der Waals surface area contributed by atoms with Gasteiger partial charge in [-0.3, -0.25) is 4.79 Å². The lowest BCUT2D eigenvalue weighted by Gasteiger charge is -2.34. The first-order valence-electron chi connectivity index (χ1n) is 7.25. The summed E-state index contributed by atoms with van der Waals surface area (Å²) in [5, 5.41) is 0. The van der Waals surface area contributed by atoms with Gasteiger partial charge < -0.3 is 4.90 Å². The van der Waals surface area contributed by atoms with Gasteiger partial charge in [0, 0.05) is 18.7 Å². The fraction of sp³-hybridized carbons (Fsp3) is 0.562. The van der Waals surface area contributed by atoms with Crippen LogP contribution < -0.4 is 0 Å². The van der Waals surface area contributed by atoms with E-state index in [1.807, 2.05) is 0 Å². The Balaban J connectivity index is 2.08. The van der Waals surface area contributed by atoms with E-state index in [-0.39, 0.29) is 11.5 Å². The molecule has 116 valence electrons. The smallest absolute Gasteiger partial charge is 0.339 e. The highest BCUT2D eigenvalue weighted by atomic mass is 19.4. The van der Waals surface area contributed by atoms with Crippen molar-refractivity contribution in [1.82, 2.24) is 4.90 Å². The minimum atomic E-state index is -4.42. The van der Waals surface area contributed by atoms with Gasteiger partial charge in [-0.15, -0.1) is 0 Å². The number of carbonyl (C=O) groups excluding carboxylic acids is 1. The molecule has 0 aromatic heterocycles. The molecule has 0 N–H and O–H groups in total. The Morgan fingerprint density at radius 2 is 1.86 bits per heavy atom. The molecule has 0 saturated carbocycles. The van der Waals surface area contributed by atoms with Crippen LogP contribution in [-0.2, 0) is 6.18 Å². The molecule has 2 rings (SSSR count). The molecule has 1 amide bonds. The third-order valence-electron chi connectivity index (χ3n) is 4.21.